The molecule has 4 heteroatoms. The minimum atomic E-state index is -0.406. The average Bonchev–Trinajstić information content (AvgIpc) is 2.92. The third kappa shape index (κ3) is 4.05. The summed E-state index contributed by atoms with van der Waals surface area (Å²) in [7, 11) is 0. The number of hydrogen-bond donors (Lipinski definition) is 1. The molecule has 1 heterocycles. The van der Waals surface area contributed by atoms with Gasteiger partial charge in [-0.3, -0.25) is 4.79 Å². The molecule has 0 bridgehead atoms. The second-order valence-corrected chi connectivity index (χ2v) is 7.00. The Bertz CT molecular complexity index is 1080. The van der Waals surface area contributed by atoms with Crippen LogP contribution in [-0.4, -0.2) is 10.5 Å². The number of benzene rings is 2. The highest BCUT2D eigenvalue weighted by atomic mass is 16.1. The van der Waals surface area contributed by atoms with Gasteiger partial charge in [-0.1, -0.05) is 24.3 Å². The molecule has 0 unspecified atom stereocenters. The maximum atomic E-state index is 12.6. The molecule has 0 aliphatic heterocycles. The van der Waals surface area contributed by atoms with Crippen molar-refractivity contribution in [3.63, 3.8) is 0 Å². The van der Waals surface area contributed by atoms with E-state index >= 15 is 0 Å². The Morgan fingerprint density at radius 3 is 2.25 bits per heavy atom. The van der Waals surface area contributed by atoms with E-state index in [9.17, 15) is 10.1 Å². The van der Waals surface area contributed by atoms with E-state index in [0.717, 1.165) is 33.8 Å². The molecular weight excluding hydrogens is 346 g/mol. The van der Waals surface area contributed by atoms with Gasteiger partial charge in [-0.15, -0.1) is 0 Å². The summed E-state index contributed by atoms with van der Waals surface area (Å²) in [6, 6.07) is 19.9. The fraction of sp³-hybridized carbons (Fsp3) is 0.167. The highest BCUT2D eigenvalue weighted by molar-refractivity contribution is 6.09. The minimum absolute atomic E-state index is 0.0764. The summed E-state index contributed by atoms with van der Waals surface area (Å²) < 4.78 is 2.11. The lowest BCUT2D eigenvalue weighted by Crippen LogP contribution is -2.13. The van der Waals surface area contributed by atoms with Gasteiger partial charge in [-0.2, -0.15) is 5.26 Å². The number of carbonyl (C=O) groups excluding carboxylic acids is 1. The van der Waals surface area contributed by atoms with Crippen molar-refractivity contribution in [1.82, 2.24) is 4.57 Å². The molecule has 1 N–H and O–H groups in total. The minimum Gasteiger partial charge on any atom is -0.321 e. The molecule has 3 rings (SSSR count). The Morgan fingerprint density at radius 2 is 1.64 bits per heavy atom. The van der Waals surface area contributed by atoms with Gasteiger partial charge in [-0.25, -0.2) is 0 Å². The summed E-state index contributed by atoms with van der Waals surface area (Å²) in [4.78, 5) is 12.6. The highest BCUT2D eigenvalue weighted by Crippen LogP contribution is 2.23. The predicted octanol–water partition coefficient (Wildman–Crippen LogP) is 5.26. The lowest BCUT2D eigenvalue weighted by atomic mass is 10.1. The molecule has 2 aromatic carbocycles. The Morgan fingerprint density at radius 1 is 1.00 bits per heavy atom. The number of hydrogen-bond acceptors (Lipinski definition) is 2. The number of amides is 1. The summed E-state index contributed by atoms with van der Waals surface area (Å²) in [5.41, 5.74) is 6.82. The molecule has 0 aliphatic rings. The Hall–Kier alpha value is -3.58. The van der Waals surface area contributed by atoms with E-state index in [1.807, 2.05) is 88.4 Å². The highest BCUT2D eigenvalue weighted by Gasteiger charge is 2.14. The van der Waals surface area contributed by atoms with Crippen molar-refractivity contribution >= 4 is 17.7 Å². The van der Waals surface area contributed by atoms with Crippen LogP contribution < -0.4 is 5.32 Å². The van der Waals surface area contributed by atoms with Gasteiger partial charge in [-0.05, 0) is 80.8 Å². The van der Waals surface area contributed by atoms with Crippen LogP contribution in [0.15, 0.2) is 60.2 Å². The van der Waals surface area contributed by atoms with Gasteiger partial charge in [0, 0.05) is 22.8 Å². The van der Waals surface area contributed by atoms with Crippen LogP contribution >= 0.6 is 0 Å². The molecule has 140 valence electrons. The summed E-state index contributed by atoms with van der Waals surface area (Å²) in [5, 5.41) is 12.4. The summed E-state index contributed by atoms with van der Waals surface area (Å²) >= 11 is 0. The smallest absolute Gasteiger partial charge is 0.266 e. The molecule has 0 saturated heterocycles. The van der Waals surface area contributed by atoms with Gasteiger partial charge in [0.2, 0.25) is 0 Å². The van der Waals surface area contributed by atoms with Gasteiger partial charge >= 0.3 is 0 Å². The number of nitriles is 1. The molecule has 1 aromatic heterocycles. The van der Waals surface area contributed by atoms with Gasteiger partial charge in [0.05, 0.1) is 0 Å². The van der Waals surface area contributed by atoms with Crippen molar-refractivity contribution in [1.29, 1.82) is 5.26 Å². The Balaban J connectivity index is 1.93. The number of carbonyl (C=O) groups is 1. The number of anilines is 1. The average molecular weight is 369 g/mol. The fourth-order valence-corrected chi connectivity index (χ4v) is 3.46. The van der Waals surface area contributed by atoms with Crippen LogP contribution in [0.2, 0.25) is 0 Å². The van der Waals surface area contributed by atoms with E-state index in [-0.39, 0.29) is 5.57 Å². The van der Waals surface area contributed by atoms with Gasteiger partial charge in [0.25, 0.3) is 5.91 Å². The summed E-state index contributed by atoms with van der Waals surface area (Å²) in [5.74, 6) is -0.406. The molecular formula is C24H23N3O. The van der Waals surface area contributed by atoms with Crippen LogP contribution in [0.3, 0.4) is 0 Å². The summed E-state index contributed by atoms with van der Waals surface area (Å²) in [6.07, 6.45) is 1.65. The maximum absolute atomic E-state index is 12.6. The lowest BCUT2D eigenvalue weighted by molar-refractivity contribution is -0.112. The van der Waals surface area contributed by atoms with Crippen LogP contribution in [0, 0.1) is 39.0 Å². The van der Waals surface area contributed by atoms with E-state index < -0.39 is 5.91 Å². The zero-order valence-corrected chi connectivity index (χ0v) is 16.6. The molecule has 0 atom stereocenters. The maximum Gasteiger partial charge on any atom is 0.266 e. The quantitative estimate of drug-likeness (QED) is 0.504. The molecule has 4 nitrogen and oxygen atoms in total. The SMILES string of the molecule is Cc1cc(C)cc(NC(=O)/C(C#N)=C/c2cc(C)n(-c3ccccc3)c2C)c1. The molecule has 28 heavy (non-hydrogen) atoms. The largest absolute Gasteiger partial charge is 0.321 e. The normalized spacial score (nSPS) is 11.2. The van der Waals surface area contributed by atoms with Crippen molar-refractivity contribution in [2.24, 2.45) is 0 Å². The zero-order valence-electron chi connectivity index (χ0n) is 16.6. The second-order valence-electron chi connectivity index (χ2n) is 7.00. The van der Waals surface area contributed by atoms with E-state index in [2.05, 4.69) is 9.88 Å². The summed E-state index contributed by atoms with van der Waals surface area (Å²) in [6.45, 7) is 7.95. The van der Waals surface area contributed by atoms with Crippen molar-refractivity contribution in [2.45, 2.75) is 27.7 Å². The number of nitrogens with zero attached hydrogens (tertiary/aromatic N) is 2. The third-order valence-corrected chi connectivity index (χ3v) is 4.63. The molecule has 0 spiro atoms. The first-order valence-corrected chi connectivity index (χ1v) is 9.15. The molecule has 0 radical (unpaired) electrons. The fourth-order valence-electron chi connectivity index (χ4n) is 3.46. The van der Waals surface area contributed by atoms with Crippen molar-refractivity contribution < 1.29 is 4.79 Å². The van der Waals surface area contributed by atoms with Crippen molar-refractivity contribution in [2.75, 3.05) is 5.32 Å². The van der Waals surface area contributed by atoms with E-state index in [0.29, 0.717) is 5.69 Å². The first kappa shape index (κ1) is 19.2. The number of para-hydroxylation sites is 1. The van der Waals surface area contributed by atoms with Crippen molar-refractivity contribution in [3.8, 4) is 11.8 Å². The molecule has 3 aromatic rings. The van der Waals surface area contributed by atoms with Crippen molar-refractivity contribution in [3.05, 3.63) is 88.2 Å². The number of aromatic nitrogens is 1. The predicted molar refractivity (Wildman–Crippen MR) is 113 cm³/mol. The van der Waals surface area contributed by atoms with Gasteiger partial charge in [0.15, 0.2) is 0 Å². The van der Waals surface area contributed by atoms with Crippen LogP contribution in [0.4, 0.5) is 5.69 Å². The van der Waals surface area contributed by atoms with E-state index in [1.54, 1.807) is 6.08 Å². The molecule has 0 saturated carbocycles. The number of aryl methyl sites for hydroxylation is 3. The molecule has 1 amide bonds. The van der Waals surface area contributed by atoms with Crippen LogP contribution in [-0.2, 0) is 4.79 Å². The lowest BCUT2D eigenvalue weighted by Gasteiger charge is -2.09. The van der Waals surface area contributed by atoms with E-state index in [1.165, 1.54) is 0 Å². The Kier molecular flexibility index (Phi) is 5.47. The third-order valence-electron chi connectivity index (χ3n) is 4.63. The second kappa shape index (κ2) is 7.98. The molecule has 0 aliphatic carbocycles. The van der Waals surface area contributed by atoms with Gasteiger partial charge < -0.3 is 9.88 Å². The first-order valence-electron chi connectivity index (χ1n) is 9.15. The van der Waals surface area contributed by atoms with E-state index in [4.69, 9.17) is 0 Å². The number of rotatable bonds is 4. The first-order chi connectivity index (χ1) is 13.4. The zero-order chi connectivity index (χ0) is 20.3. The monoisotopic (exact) mass is 369 g/mol. The van der Waals surface area contributed by atoms with Gasteiger partial charge in [0.1, 0.15) is 11.6 Å². The van der Waals surface area contributed by atoms with Crippen LogP contribution in [0.1, 0.15) is 28.1 Å². The van der Waals surface area contributed by atoms with Crippen LogP contribution in [0.5, 0.6) is 0 Å². The number of nitrogens with one attached hydrogen (secondary N) is 1. The topological polar surface area (TPSA) is 57.8 Å². The standard InChI is InChI=1S/C24H23N3O/c1-16-10-17(2)12-22(11-16)26-24(28)21(15-25)14-20-13-18(3)27(19(20)4)23-8-6-5-7-9-23/h5-14H,1-4H3,(H,26,28)/b21-14+. The Labute approximate surface area is 165 Å². The van der Waals surface area contributed by atoms with Crippen LogP contribution in [0.25, 0.3) is 11.8 Å². The molecule has 0 fully saturated rings.